The van der Waals surface area contributed by atoms with Gasteiger partial charge in [0.2, 0.25) is 0 Å². The molecular formula is C8H12N2O3. The molecule has 0 fully saturated rings. The zero-order valence-corrected chi connectivity index (χ0v) is 7.43. The predicted molar refractivity (Wildman–Crippen MR) is 47.0 cm³/mol. The van der Waals surface area contributed by atoms with Crippen molar-refractivity contribution in [1.29, 1.82) is 0 Å². The Morgan fingerprint density at radius 3 is 3.23 bits per heavy atom. The standard InChI is InChI=1S/C8H12N2O3/c1-13-8(11)10-4-2-3-7(6-10)5-9-12/h3,5,12H,2,4,6H2,1H3/b9-5+. The number of oxime groups is 1. The van der Waals surface area contributed by atoms with Crippen molar-refractivity contribution in [3.8, 4) is 0 Å². The van der Waals surface area contributed by atoms with E-state index in [9.17, 15) is 4.79 Å². The summed E-state index contributed by atoms with van der Waals surface area (Å²) in [6.45, 7) is 1.09. The van der Waals surface area contributed by atoms with Crippen LogP contribution in [0.3, 0.4) is 0 Å². The maximum Gasteiger partial charge on any atom is 0.409 e. The molecule has 0 aromatic heterocycles. The predicted octanol–water partition coefficient (Wildman–Crippen LogP) is 0.845. The lowest BCUT2D eigenvalue weighted by atomic mass is 10.1. The van der Waals surface area contributed by atoms with Crippen molar-refractivity contribution < 1.29 is 14.7 Å². The van der Waals surface area contributed by atoms with Crippen LogP contribution in [0.2, 0.25) is 0 Å². The van der Waals surface area contributed by atoms with Crippen molar-refractivity contribution in [3.63, 3.8) is 0 Å². The Balaban J connectivity index is 2.57. The van der Waals surface area contributed by atoms with Crippen molar-refractivity contribution in [1.82, 2.24) is 4.90 Å². The van der Waals surface area contributed by atoms with E-state index in [0.29, 0.717) is 13.1 Å². The summed E-state index contributed by atoms with van der Waals surface area (Å²) in [4.78, 5) is 12.6. The number of hydrogen-bond acceptors (Lipinski definition) is 4. The summed E-state index contributed by atoms with van der Waals surface area (Å²) in [5.41, 5.74) is 0.819. The number of carbonyl (C=O) groups is 1. The molecule has 0 saturated heterocycles. The number of hydrogen-bond donors (Lipinski definition) is 1. The van der Waals surface area contributed by atoms with Crippen LogP contribution in [0.1, 0.15) is 6.42 Å². The van der Waals surface area contributed by atoms with Crippen LogP contribution in [-0.4, -0.2) is 42.6 Å². The molecule has 0 radical (unpaired) electrons. The van der Waals surface area contributed by atoms with E-state index in [4.69, 9.17) is 5.21 Å². The molecule has 1 aliphatic heterocycles. The number of amides is 1. The molecule has 5 heteroatoms. The molecule has 0 spiro atoms. The summed E-state index contributed by atoms with van der Waals surface area (Å²) < 4.78 is 4.57. The van der Waals surface area contributed by atoms with E-state index >= 15 is 0 Å². The van der Waals surface area contributed by atoms with Gasteiger partial charge in [-0.1, -0.05) is 11.2 Å². The first-order chi connectivity index (χ1) is 6.27. The largest absolute Gasteiger partial charge is 0.453 e. The van der Waals surface area contributed by atoms with Gasteiger partial charge in [0.15, 0.2) is 0 Å². The molecule has 0 aromatic carbocycles. The van der Waals surface area contributed by atoms with Crippen LogP contribution < -0.4 is 0 Å². The summed E-state index contributed by atoms with van der Waals surface area (Å²) in [5.74, 6) is 0. The molecule has 0 atom stereocenters. The minimum atomic E-state index is -0.350. The molecule has 0 aliphatic carbocycles. The fourth-order valence-electron chi connectivity index (χ4n) is 1.22. The zero-order valence-electron chi connectivity index (χ0n) is 7.43. The van der Waals surface area contributed by atoms with E-state index in [1.807, 2.05) is 6.08 Å². The van der Waals surface area contributed by atoms with Crippen molar-refractivity contribution in [2.24, 2.45) is 5.16 Å². The molecule has 0 saturated carbocycles. The van der Waals surface area contributed by atoms with Gasteiger partial charge in [-0.15, -0.1) is 0 Å². The van der Waals surface area contributed by atoms with Gasteiger partial charge >= 0.3 is 6.09 Å². The van der Waals surface area contributed by atoms with Gasteiger partial charge in [-0.05, 0) is 12.0 Å². The van der Waals surface area contributed by atoms with E-state index in [0.717, 1.165) is 12.0 Å². The van der Waals surface area contributed by atoms with Gasteiger partial charge in [0.1, 0.15) is 0 Å². The minimum absolute atomic E-state index is 0.350. The highest BCUT2D eigenvalue weighted by Gasteiger charge is 2.17. The highest BCUT2D eigenvalue weighted by molar-refractivity contribution is 5.80. The Kier molecular flexibility index (Phi) is 3.31. The second kappa shape index (κ2) is 4.49. The monoisotopic (exact) mass is 184 g/mol. The lowest BCUT2D eigenvalue weighted by molar-refractivity contribution is 0.127. The molecule has 1 heterocycles. The minimum Gasteiger partial charge on any atom is -0.453 e. The number of methoxy groups -OCH3 is 1. The van der Waals surface area contributed by atoms with Crippen LogP contribution in [0.5, 0.6) is 0 Å². The normalized spacial score (nSPS) is 17.3. The van der Waals surface area contributed by atoms with Crippen LogP contribution in [0, 0.1) is 0 Å². The molecule has 0 aromatic rings. The molecule has 1 rings (SSSR count). The number of ether oxygens (including phenoxy) is 1. The third-order valence-corrected chi connectivity index (χ3v) is 1.84. The highest BCUT2D eigenvalue weighted by atomic mass is 16.5. The molecule has 1 N–H and O–H groups in total. The van der Waals surface area contributed by atoms with Crippen molar-refractivity contribution in [2.75, 3.05) is 20.2 Å². The molecule has 1 aliphatic rings. The van der Waals surface area contributed by atoms with Crippen LogP contribution in [0.25, 0.3) is 0 Å². The fourth-order valence-corrected chi connectivity index (χ4v) is 1.22. The summed E-state index contributed by atoms with van der Waals surface area (Å²) in [7, 11) is 1.35. The van der Waals surface area contributed by atoms with Crippen LogP contribution in [0.4, 0.5) is 4.79 Å². The average molecular weight is 184 g/mol. The van der Waals surface area contributed by atoms with Gasteiger partial charge in [0.25, 0.3) is 0 Å². The Labute approximate surface area is 76.3 Å². The van der Waals surface area contributed by atoms with Crippen molar-refractivity contribution in [2.45, 2.75) is 6.42 Å². The van der Waals surface area contributed by atoms with Gasteiger partial charge in [0, 0.05) is 6.54 Å². The van der Waals surface area contributed by atoms with Crippen LogP contribution >= 0.6 is 0 Å². The Morgan fingerprint density at radius 1 is 1.85 bits per heavy atom. The van der Waals surface area contributed by atoms with Crippen LogP contribution in [-0.2, 0) is 4.74 Å². The van der Waals surface area contributed by atoms with E-state index in [1.54, 1.807) is 4.90 Å². The van der Waals surface area contributed by atoms with Crippen LogP contribution in [0.15, 0.2) is 16.8 Å². The Hall–Kier alpha value is -1.52. The number of carbonyl (C=O) groups excluding carboxylic acids is 1. The molecule has 13 heavy (non-hydrogen) atoms. The second-order valence-electron chi connectivity index (χ2n) is 2.70. The lowest BCUT2D eigenvalue weighted by Gasteiger charge is -2.24. The van der Waals surface area contributed by atoms with Gasteiger partial charge in [0.05, 0.1) is 19.9 Å². The molecular weight excluding hydrogens is 172 g/mol. The topological polar surface area (TPSA) is 62.1 Å². The Morgan fingerprint density at radius 2 is 2.62 bits per heavy atom. The van der Waals surface area contributed by atoms with Gasteiger partial charge < -0.3 is 14.8 Å². The first kappa shape index (κ1) is 9.57. The summed E-state index contributed by atoms with van der Waals surface area (Å²) in [6, 6.07) is 0. The SMILES string of the molecule is COC(=O)N1CCC=C(/C=N/O)C1. The third-order valence-electron chi connectivity index (χ3n) is 1.84. The van der Waals surface area contributed by atoms with Crippen molar-refractivity contribution >= 4 is 12.3 Å². The Bertz CT molecular complexity index is 248. The zero-order chi connectivity index (χ0) is 9.68. The maximum absolute atomic E-state index is 11.1. The van der Waals surface area contributed by atoms with E-state index < -0.39 is 0 Å². The van der Waals surface area contributed by atoms with E-state index in [2.05, 4.69) is 9.89 Å². The number of nitrogens with zero attached hydrogens (tertiary/aromatic N) is 2. The maximum atomic E-state index is 11.1. The van der Waals surface area contributed by atoms with E-state index in [-0.39, 0.29) is 6.09 Å². The molecule has 5 nitrogen and oxygen atoms in total. The quantitative estimate of drug-likeness (QED) is 0.373. The second-order valence-corrected chi connectivity index (χ2v) is 2.70. The third kappa shape index (κ3) is 2.47. The summed E-state index contributed by atoms with van der Waals surface area (Å²) >= 11 is 0. The summed E-state index contributed by atoms with van der Waals surface area (Å²) in [5, 5.41) is 11.2. The molecule has 0 unspecified atom stereocenters. The van der Waals surface area contributed by atoms with Gasteiger partial charge in [-0.25, -0.2) is 4.79 Å². The van der Waals surface area contributed by atoms with Gasteiger partial charge in [-0.2, -0.15) is 0 Å². The lowest BCUT2D eigenvalue weighted by Crippen LogP contribution is -2.35. The fraction of sp³-hybridized carbons (Fsp3) is 0.500. The highest BCUT2D eigenvalue weighted by Crippen LogP contribution is 2.08. The smallest absolute Gasteiger partial charge is 0.409 e. The van der Waals surface area contributed by atoms with Crippen molar-refractivity contribution in [3.05, 3.63) is 11.6 Å². The first-order valence-corrected chi connectivity index (χ1v) is 3.97. The molecule has 1 amide bonds. The first-order valence-electron chi connectivity index (χ1n) is 3.97. The number of rotatable bonds is 1. The average Bonchev–Trinajstić information content (AvgIpc) is 2.18. The molecule has 0 bridgehead atoms. The van der Waals surface area contributed by atoms with Gasteiger partial charge in [-0.3, -0.25) is 0 Å². The molecule has 72 valence electrons. The van der Waals surface area contributed by atoms with E-state index in [1.165, 1.54) is 13.3 Å². The summed E-state index contributed by atoms with van der Waals surface area (Å²) in [6.07, 6.45) is 3.67.